The zero-order chi connectivity index (χ0) is 20.2. The van der Waals surface area contributed by atoms with Gasteiger partial charge in [-0.3, -0.25) is 9.69 Å². The Balaban J connectivity index is 1.57. The zero-order valence-electron chi connectivity index (χ0n) is 17.0. The summed E-state index contributed by atoms with van der Waals surface area (Å²) in [6.45, 7) is 1.16. The number of hydrogen-bond acceptors (Lipinski definition) is 4. The molecule has 0 saturated heterocycles. The highest BCUT2D eigenvalue weighted by Gasteiger charge is 2.23. The molecule has 1 aliphatic carbocycles. The maximum absolute atomic E-state index is 12.0. The van der Waals surface area contributed by atoms with Gasteiger partial charge in [0.2, 0.25) is 0 Å². The summed E-state index contributed by atoms with van der Waals surface area (Å²) in [5.41, 5.74) is 5.51. The van der Waals surface area contributed by atoms with E-state index in [1.165, 1.54) is 42.0 Å². The number of methoxy groups -OCH3 is 1. The first kappa shape index (κ1) is 19.6. The van der Waals surface area contributed by atoms with Crippen molar-refractivity contribution in [3.05, 3.63) is 87.3 Å². The molecule has 5 heteroatoms. The summed E-state index contributed by atoms with van der Waals surface area (Å²) in [5.74, 6) is 0.581. The Kier molecular flexibility index (Phi) is 5.88. The SMILES string of the molecule is COCc1cc(=O)[nH]c(-c2cccc(CN(C)C3CCCc4ccccc43)c2)n1. The molecular formula is C24H27N3O2. The fourth-order valence-electron chi connectivity index (χ4n) is 4.27. The topological polar surface area (TPSA) is 58.2 Å². The van der Waals surface area contributed by atoms with Crippen LogP contribution in [0.15, 0.2) is 59.4 Å². The predicted molar refractivity (Wildman–Crippen MR) is 115 cm³/mol. The minimum atomic E-state index is -0.164. The fourth-order valence-corrected chi connectivity index (χ4v) is 4.27. The van der Waals surface area contributed by atoms with Crippen LogP contribution in [0, 0.1) is 0 Å². The molecule has 29 heavy (non-hydrogen) atoms. The van der Waals surface area contributed by atoms with Crippen LogP contribution in [0.4, 0.5) is 0 Å². The van der Waals surface area contributed by atoms with Gasteiger partial charge in [-0.1, -0.05) is 42.5 Å². The number of fused-ring (bicyclic) bond motifs is 1. The Morgan fingerprint density at radius 1 is 1.17 bits per heavy atom. The second-order valence-electron chi connectivity index (χ2n) is 7.74. The van der Waals surface area contributed by atoms with Gasteiger partial charge in [0.15, 0.2) is 0 Å². The van der Waals surface area contributed by atoms with Crippen molar-refractivity contribution in [1.29, 1.82) is 0 Å². The average Bonchev–Trinajstić information content (AvgIpc) is 2.73. The van der Waals surface area contributed by atoms with Gasteiger partial charge in [-0.25, -0.2) is 4.98 Å². The molecule has 0 spiro atoms. The van der Waals surface area contributed by atoms with E-state index in [1.807, 2.05) is 12.1 Å². The Bertz CT molecular complexity index is 1040. The van der Waals surface area contributed by atoms with Crippen LogP contribution in [0.3, 0.4) is 0 Å². The van der Waals surface area contributed by atoms with Gasteiger partial charge in [0.1, 0.15) is 5.82 Å². The largest absolute Gasteiger partial charge is 0.378 e. The number of nitrogens with one attached hydrogen (secondary N) is 1. The summed E-state index contributed by atoms with van der Waals surface area (Å²) in [6.07, 6.45) is 3.58. The monoisotopic (exact) mass is 389 g/mol. The molecule has 0 saturated carbocycles. The third-order valence-corrected chi connectivity index (χ3v) is 5.59. The van der Waals surface area contributed by atoms with Crippen molar-refractivity contribution < 1.29 is 4.74 Å². The van der Waals surface area contributed by atoms with Gasteiger partial charge >= 0.3 is 0 Å². The maximum atomic E-state index is 12.0. The lowest BCUT2D eigenvalue weighted by Gasteiger charge is -2.33. The summed E-state index contributed by atoms with van der Waals surface area (Å²) in [6, 6.07) is 19.0. The minimum Gasteiger partial charge on any atom is -0.378 e. The first-order chi connectivity index (χ1) is 14.1. The maximum Gasteiger partial charge on any atom is 0.251 e. The molecule has 1 heterocycles. The number of benzene rings is 2. The highest BCUT2D eigenvalue weighted by molar-refractivity contribution is 5.56. The predicted octanol–water partition coefficient (Wildman–Crippen LogP) is 4.09. The minimum absolute atomic E-state index is 0.164. The Morgan fingerprint density at radius 3 is 2.90 bits per heavy atom. The number of nitrogens with zero attached hydrogens (tertiary/aromatic N) is 2. The molecule has 5 nitrogen and oxygen atoms in total. The number of aryl methyl sites for hydroxylation is 1. The summed E-state index contributed by atoms with van der Waals surface area (Å²) >= 11 is 0. The molecular weight excluding hydrogens is 362 g/mol. The molecule has 1 unspecified atom stereocenters. The number of hydrogen-bond donors (Lipinski definition) is 1. The quantitative estimate of drug-likeness (QED) is 0.690. The fraction of sp³-hybridized carbons (Fsp3) is 0.333. The molecule has 0 aliphatic heterocycles. The summed E-state index contributed by atoms with van der Waals surface area (Å²) in [5, 5.41) is 0. The van der Waals surface area contributed by atoms with Crippen molar-refractivity contribution in [3.63, 3.8) is 0 Å². The van der Waals surface area contributed by atoms with E-state index in [-0.39, 0.29) is 5.56 Å². The van der Waals surface area contributed by atoms with Crippen molar-refractivity contribution in [2.75, 3.05) is 14.2 Å². The number of ether oxygens (including phenoxy) is 1. The highest BCUT2D eigenvalue weighted by atomic mass is 16.5. The lowest BCUT2D eigenvalue weighted by molar-refractivity contribution is 0.181. The summed E-state index contributed by atoms with van der Waals surface area (Å²) in [4.78, 5) is 21.8. The number of aromatic nitrogens is 2. The van der Waals surface area contributed by atoms with Crippen LogP contribution in [0.2, 0.25) is 0 Å². The average molecular weight is 389 g/mol. The van der Waals surface area contributed by atoms with Crippen molar-refractivity contribution in [1.82, 2.24) is 14.9 Å². The van der Waals surface area contributed by atoms with Crippen LogP contribution < -0.4 is 5.56 Å². The molecule has 0 amide bonds. The van der Waals surface area contributed by atoms with Gasteiger partial charge < -0.3 is 9.72 Å². The van der Waals surface area contributed by atoms with Gasteiger partial charge in [-0.15, -0.1) is 0 Å². The van der Waals surface area contributed by atoms with Gasteiger partial charge in [-0.2, -0.15) is 0 Å². The van der Waals surface area contributed by atoms with Crippen LogP contribution in [0.25, 0.3) is 11.4 Å². The second kappa shape index (κ2) is 8.72. The molecule has 0 radical (unpaired) electrons. The summed E-state index contributed by atoms with van der Waals surface area (Å²) in [7, 11) is 3.79. The van der Waals surface area contributed by atoms with E-state index >= 15 is 0 Å². The number of aromatic amines is 1. The normalized spacial score (nSPS) is 16.0. The van der Waals surface area contributed by atoms with Crippen molar-refractivity contribution in [2.24, 2.45) is 0 Å². The summed E-state index contributed by atoms with van der Waals surface area (Å²) < 4.78 is 5.12. The molecule has 1 atom stereocenters. The van der Waals surface area contributed by atoms with Crippen molar-refractivity contribution in [3.8, 4) is 11.4 Å². The molecule has 4 rings (SSSR count). The molecule has 1 N–H and O–H groups in total. The Labute approximate surface area is 171 Å². The van der Waals surface area contributed by atoms with Gasteiger partial charge in [-0.05, 0) is 49.1 Å². The van der Waals surface area contributed by atoms with E-state index in [2.05, 4.69) is 58.3 Å². The van der Waals surface area contributed by atoms with Crippen LogP contribution in [-0.2, 0) is 24.3 Å². The lowest BCUT2D eigenvalue weighted by Crippen LogP contribution is -2.27. The third-order valence-electron chi connectivity index (χ3n) is 5.59. The third kappa shape index (κ3) is 4.47. The number of rotatable bonds is 6. The molecule has 0 fully saturated rings. The number of H-pyrrole nitrogens is 1. The molecule has 2 aromatic carbocycles. The molecule has 1 aromatic heterocycles. The van der Waals surface area contributed by atoms with Crippen LogP contribution >= 0.6 is 0 Å². The molecule has 0 bridgehead atoms. The van der Waals surface area contributed by atoms with Gasteiger partial charge in [0.25, 0.3) is 5.56 Å². The van der Waals surface area contributed by atoms with Crippen LogP contribution in [0.5, 0.6) is 0 Å². The first-order valence-electron chi connectivity index (χ1n) is 10.1. The van der Waals surface area contributed by atoms with E-state index in [1.54, 1.807) is 7.11 Å². The van der Waals surface area contributed by atoms with E-state index in [4.69, 9.17) is 4.74 Å². The smallest absolute Gasteiger partial charge is 0.251 e. The standard InChI is InChI=1S/C24H27N3O2/c1-27(22-12-6-9-18-8-3-4-11-21(18)22)15-17-7-5-10-19(13-17)24-25-20(16-29-2)14-23(28)26-24/h3-5,7-8,10-11,13-14,22H,6,9,12,15-16H2,1-2H3,(H,25,26,28). The van der Waals surface area contributed by atoms with E-state index in [9.17, 15) is 4.79 Å². The molecule has 3 aromatic rings. The lowest BCUT2D eigenvalue weighted by atomic mass is 9.87. The van der Waals surface area contributed by atoms with E-state index in [0.717, 1.165) is 12.1 Å². The Hall–Kier alpha value is -2.76. The first-order valence-corrected chi connectivity index (χ1v) is 10.1. The van der Waals surface area contributed by atoms with Gasteiger partial charge in [0, 0.05) is 31.3 Å². The second-order valence-corrected chi connectivity index (χ2v) is 7.74. The molecule has 1 aliphatic rings. The highest BCUT2D eigenvalue weighted by Crippen LogP contribution is 2.34. The van der Waals surface area contributed by atoms with Gasteiger partial charge in [0.05, 0.1) is 12.3 Å². The van der Waals surface area contributed by atoms with Crippen molar-refractivity contribution >= 4 is 0 Å². The molecule has 150 valence electrons. The van der Waals surface area contributed by atoms with Crippen LogP contribution in [-0.4, -0.2) is 29.0 Å². The zero-order valence-corrected chi connectivity index (χ0v) is 17.0. The van der Waals surface area contributed by atoms with Crippen molar-refractivity contribution in [2.45, 2.75) is 38.5 Å². The van der Waals surface area contributed by atoms with E-state index in [0.29, 0.717) is 24.2 Å². The van der Waals surface area contributed by atoms with Crippen LogP contribution in [0.1, 0.15) is 41.3 Å². The van der Waals surface area contributed by atoms with E-state index < -0.39 is 0 Å². The Morgan fingerprint density at radius 2 is 2.03 bits per heavy atom.